The fourth-order valence-corrected chi connectivity index (χ4v) is 0.893. The van der Waals surface area contributed by atoms with Crippen molar-refractivity contribution in [2.24, 2.45) is 5.92 Å². The highest BCUT2D eigenvalue weighted by Gasteiger charge is 2.11. The van der Waals surface area contributed by atoms with E-state index >= 15 is 0 Å². The molecule has 0 fully saturated rings. The zero-order valence-corrected chi connectivity index (χ0v) is 6.39. The lowest BCUT2D eigenvalue weighted by Crippen LogP contribution is -2.17. The summed E-state index contributed by atoms with van der Waals surface area (Å²) in [6, 6.07) is 0. The van der Waals surface area contributed by atoms with Gasteiger partial charge in [-0.05, 0) is 17.6 Å². The Morgan fingerprint density at radius 3 is 2.60 bits per heavy atom. The third-order valence-corrected chi connectivity index (χ3v) is 1.60. The highest BCUT2D eigenvalue weighted by Crippen LogP contribution is 2.12. The van der Waals surface area contributed by atoms with Gasteiger partial charge in [-0.1, -0.05) is 13.8 Å². The van der Waals surface area contributed by atoms with Crippen molar-refractivity contribution < 1.29 is 9.53 Å². The molecule has 0 aromatic rings. The van der Waals surface area contributed by atoms with Gasteiger partial charge in [-0.15, -0.1) is 0 Å². The molecular formula is C8H12O2. The summed E-state index contributed by atoms with van der Waals surface area (Å²) in [4.78, 5) is 10.8. The van der Waals surface area contributed by atoms with Gasteiger partial charge in [-0.2, -0.15) is 0 Å². The van der Waals surface area contributed by atoms with Crippen LogP contribution in [0.3, 0.4) is 0 Å². The summed E-state index contributed by atoms with van der Waals surface area (Å²) in [6.07, 6.45) is 1.70. The Hall–Kier alpha value is -0.630. The molecule has 10 heavy (non-hydrogen) atoms. The van der Waals surface area contributed by atoms with Crippen LogP contribution in [0.2, 0.25) is 0 Å². The Kier molecular flexibility index (Phi) is 2.22. The van der Waals surface area contributed by atoms with Gasteiger partial charge in [-0.3, -0.25) is 4.79 Å². The molecule has 1 rings (SSSR count). The molecule has 0 radical (unpaired) electrons. The Morgan fingerprint density at radius 1 is 1.50 bits per heavy atom. The summed E-state index contributed by atoms with van der Waals surface area (Å²) in [5, 5.41) is 0. The SMILES string of the molecule is CC(C)C1=CC(=O)COC1. The van der Waals surface area contributed by atoms with Crippen molar-refractivity contribution >= 4 is 5.78 Å². The largest absolute Gasteiger partial charge is 0.369 e. The molecule has 0 atom stereocenters. The van der Waals surface area contributed by atoms with Gasteiger partial charge in [0.2, 0.25) is 0 Å². The van der Waals surface area contributed by atoms with E-state index in [-0.39, 0.29) is 12.4 Å². The molecule has 0 aliphatic carbocycles. The molecule has 0 aromatic carbocycles. The zero-order chi connectivity index (χ0) is 7.56. The predicted octanol–water partition coefficient (Wildman–Crippen LogP) is 1.17. The quantitative estimate of drug-likeness (QED) is 0.546. The zero-order valence-electron chi connectivity index (χ0n) is 6.39. The average Bonchev–Trinajstić information content (AvgIpc) is 1.88. The lowest BCUT2D eigenvalue weighted by Gasteiger charge is -2.15. The summed E-state index contributed by atoms with van der Waals surface area (Å²) in [6.45, 7) is 5.02. The van der Waals surface area contributed by atoms with Crippen molar-refractivity contribution in [3.63, 3.8) is 0 Å². The second-order valence-corrected chi connectivity index (χ2v) is 2.83. The number of rotatable bonds is 1. The number of hydrogen-bond acceptors (Lipinski definition) is 2. The third-order valence-electron chi connectivity index (χ3n) is 1.60. The molecule has 1 aliphatic rings. The summed E-state index contributed by atoms with van der Waals surface area (Å²) >= 11 is 0. The fraction of sp³-hybridized carbons (Fsp3) is 0.625. The van der Waals surface area contributed by atoms with E-state index in [1.807, 2.05) is 0 Å². The van der Waals surface area contributed by atoms with Crippen LogP contribution in [0.25, 0.3) is 0 Å². The standard InChI is InChI=1S/C8H12O2/c1-6(2)7-3-8(9)5-10-4-7/h3,6H,4-5H2,1-2H3. The molecule has 0 amide bonds. The highest BCUT2D eigenvalue weighted by molar-refractivity contribution is 5.92. The van der Waals surface area contributed by atoms with Crippen LogP contribution >= 0.6 is 0 Å². The summed E-state index contributed by atoms with van der Waals surface area (Å²) < 4.78 is 5.04. The van der Waals surface area contributed by atoms with Gasteiger partial charge in [0, 0.05) is 0 Å². The molecule has 0 saturated carbocycles. The Bertz CT molecular complexity index is 168. The molecular weight excluding hydrogens is 128 g/mol. The van der Waals surface area contributed by atoms with Crippen LogP contribution in [0.1, 0.15) is 13.8 Å². The van der Waals surface area contributed by atoms with Gasteiger partial charge in [0.25, 0.3) is 0 Å². The van der Waals surface area contributed by atoms with Crippen LogP contribution in [0.15, 0.2) is 11.6 Å². The monoisotopic (exact) mass is 140 g/mol. The predicted molar refractivity (Wildman–Crippen MR) is 38.7 cm³/mol. The summed E-state index contributed by atoms with van der Waals surface area (Å²) in [5.41, 5.74) is 1.11. The van der Waals surface area contributed by atoms with Crippen LogP contribution in [0.4, 0.5) is 0 Å². The molecule has 56 valence electrons. The van der Waals surface area contributed by atoms with E-state index in [1.54, 1.807) is 6.08 Å². The first kappa shape index (κ1) is 7.48. The van der Waals surface area contributed by atoms with Crippen molar-refractivity contribution in [2.45, 2.75) is 13.8 Å². The fourth-order valence-electron chi connectivity index (χ4n) is 0.893. The second kappa shape index (κ2) is 2.97. The maximum atomic E-state index is 10.8. The van der Waals surface area contributed by atoms with Crippen molar-refractivity contribution in [3.05, 3.63) is 11.6 Å². The van der Waals surface area contributed by atoms with E-state index in [0.717, 1.165) is 5.57 Å². The second-order valence-electron chi connectivity index (χ2n) is 2.83. The Morgan fingerprint density at radius 2 is 2.20 bits per heavy atom. The van der Waals surface area contributed by atoms with E-state index < -0.39 is 0 Å². The number of ether oxygens (including phenoxy) is 1. The molecule has 2 nitrogen and oxygen atoms in total. The van der Waals surface area contributed by atoms with Crippen molar-refractivity contribution in [2.75, 3.05) is 13.2 Å². The summed E-state index contributed by atoms with van der Waals surface area (Å²) in [5.74, 6) is 0.527. The van der Waals surface area contributed by atoms with Gasteiger partial charge in [-0.25, -0.2) is 0 Å². The smallest absolute Gasteiger partial charge is 0.181 e. The number of carbonyl (C=O) groups is 1. The maximum Gasteiger partial charge on any atom is 0.181 e. The number of ketones is 1. The maximum absolute atomic E-state index is 10.8. The van der Waals surface area contributed by atoms with Gasteiger partial charge in [0.15, 0.2) is 5.78 Å². The van der Waals surface area contributed by atoms with E-state index in [9.17, 15) is 4.79 Å². The van der Waals surface area contributed by atoms with Crippen molar-refractivity contribution in [1.82, 2.24) is 0 Å². The molecule has 0 saturated heterocycles. The molecule has 0 N–H and O–H groups in total. The van der Waals surface area contributed by atoms with Crippen LogP contribution < -0.4 is 0 Å². The van der Waals surface area contributed by atoms with E-state index in [4.69, 9.17) is 4.74 Å². The topological polar surface area (TPSA) is 26.3 Å². The lowest BCUT2D eigenvalue weighted by atomic mass is 10.0. The molecule has 0 bridgehead atoms. The number of hydrogen-bond donors (Lipinski definition) is 0. The van der Waals surface area contributed by atoms with Gasteiger partial charge in [0.05, 0.1) is 6.61 Å². The normalized spacial score (nSPS) is 19.5. The van der Waals surface area contributed by atoms with Crippen molar-refractivity contribution in [3.8, 4) is 0 Å². The van der Waals surface area contributed by atoms with Crippen LogP contribution in [0.5, 0.6) is 0 Å². The van der Waals surface area contributed by atoms with Gasteiger partial charge < -0.3 is 4.74 Å². The Labute approximate surface area is 60.9 Å². The minimum atomic E-state index is 0.0925. The van der Waals surface area contributed by atoms with E-state index in [1.165, 1.54) is 0 Å². The van der Waals surface area contributed by atoms with E-state index in [0.29, 0.717) is 12.5 Å². The van der Waals surface area contributed by atoms with Gasteiger partial charge in [0.1, 0.15) is 6.61 Å². The number of carbonyl (C=O) groups excluding carboxylic acids is 1. The van der Waals surface area contributed by atoms with Gasteiger partial charge >= 0.3 is 0 Å². The first-order valence-corrected chi connectivity index (χ1v) is 3.51. The molecule has 1 heterocycles. The minimum Gasteiger partial charge on any atom is -0.369 e. The van der Waals surface area contributed by atoms with Crippen molar-refractivity contribution in [1.29, 1.82) is 0 Å². The molecule has 0 unspecified atom stereocenters. The Balaban J connectivity index is 2.66. The third kappa shape index (κ3) is 1.67. The van der Waals surface area contributed by atoms with Crippen LogP contribution in [-0.2, 0) is 9.53 Å². The first-order chi connectivity index (χ1) is 4.70. The van der Waals surface area contributed by atoms with Crippen LogP contribution in [-0.4, -0.2) is 19.0 Å². The lowest BCUT2D eigenvalue weighted by molar-refractivity contribution is -0.119. The summed E-state index contributed by atoms with van der Waals surface area (Å²) in [7, 11) is 0. The van der Waals surface area contributed by atoms with E-state index in [2.05, 4.69) is 13.8 Å². The molecule has 2 heteroatoms. The average molecular weight is 140 g/mol. The highest BCUT2D eigenvalue weighted by atomic mass is 16.5. The van der Waals surface area contributed by atoms with Crippen LogP contribution in [0, 0.1) is 5.92 Å². The molecule has 0 spiro atoms. The first-order valence-electron chi connectivity index (χ1n) is 3.51. The molecule has 0 aromatic heterocycles. The minimum absolute atomic E-state index is 0.0925. The molecule has 1 aliphatic heterocycles.